The molecule has 0 aromatic heterocycles. The number of hydrogen-bond acceptors (Lipinski definition) is 2. The predicted molar refractivity (Wildman–Crippen MR) is 80.1 cm³/mol. The fourth-order valence-electron chi connectivity index (χ4n) is 1.85. The van der Waals surface area contributed by atoms with Crippen molar-refractivity contribution in [2.24, 2.45) is 0 Å². The molecule has 0 heterocycles. The van der Waals surface area contributed by atoms with Gasteiger partial charge in [-0.2, -0.15) is 0 Å². The molecule has 0 saturated carbocycles. The lowest BCUT2D eigenvalue weighted by Gasteiger charge is -2.06. The molecule has 0 spiro atoms. The van der Waals surface area contributed by atoms with Gasteiger partial charge < -0.3 is 9.47 Å². The van der Waals surface area contributed by atoms with Crippen molar-refractivity contribution in [1.29, 1.82) is 0 Å². The summed E-state index contributed by atoms with van der Waals surface area (Å²) in [5, 5.41) is 0. The minimum atomic E-state index is 0. The van der Waals surface area contributed by atoms with Gasteiger partial charge in [0.05, 0.1) is 13.7 Å². The monoisotopic (exact) mass is 258 g/mol. The lowest BCUT2D eigenvalue weighted by atomic mass is 10.0. The van der Waals surface area contributed by atoms with Gasteiger partial charge in [-0.25, -0.2) is 0 Å². The topological polar surface area (TPSA) is 18.5 Å². The molecule has 2 nitrogen and oxygen atoms in total. The summed E-state index contributed by atoms with van der Waals surface area (Å²) in [6.07, 6.45) is 0.927. The van der Waals surface area contributed by atoms with E-state index in [1.54, 1.807) is 7.11 Å². The van der Waals surface area contributed by atoms with Gasteiger partial charge in [0.25, 0.3) is 0 Å². The molecule has 0 bridgehead atoms. The molecule has 0 saturated heterocycles. The fraction of sp³-hybridized carbons (Fsp3) is 0.294. The van der Waals surface area contributed by atoms with Crippen molar-refractivity contribution in [3.05, 3.63) is 59.7 Å². The zero-order valence-electron chi connectivity index (χ0n) is 10.8. The van der Waals surface area contributed by atoms with E-state index in [9.17, 15) is 0 Å². The molecule has 0 aliphatic rings. The first kappa shape index (κ1) is 15.1. The third-order valence-corrected chi connectivity index (χ3v) is 2.80. The zero-order chi connectivity index (χ0) is 12.8. The van der Waals surface area contributed by atoms with E-state index >= 15 is 0 Å². The highest BCUT2D eigenvalue weighted by Gasteiger charge is 1.98. The predicted octanol–water partition coefficient (Wildman–Crippen LogP) is 4.32. The first-order valence-corrected chi connectivity index (χ1v) is 6.16. The van der Waals surface area contributed by atoms with Crippen LogP contribution in [0.2, 0.25) is 0 Å². The molecule has 0 fully saturated rings. The van der Waals surface area contributed by atoms with Crippen LogP contribution in [0.25, 0.3) is 0 Å². The molecule has 0 N–H and O–H groups in total. The maximum absolute atomic E-state index is 5.42. The normalized spacial score (nSPS) is 9.58. The van der Waals surface area contributed by atoms with Crippen LogP contribution >= 0.6 is 0 Å². The molecule has 0 atom stereocenters. The molecule has 2 aromatic rings. The average molecular weight is 258 g/mol. The third kappa shape index (κ3) is 4.32. The molecule has 0 radical (unpaired) electrons. The van der Waals surface area contributed by atoms with E-state index in [0.29, 0.717) is 6.61 Å². The lowest BCUT2D eigenvalue weighted by molar-refractivity contribution is 0.340. The van der Waals surface area contributed by atoms with E-state index < -0.39 is 0 Å². The molecular weight excluding hydrogens is 236 g/mol. The number of ether oxygens (including phenoxy) is 2. The van der Waals surface area contributed by atoms with Gasteiger partial charge in [-0.15, -0.1) is 0 Å². The molecule has 0 aliphatic carbocycles. The molecular formula is C17H22O2. The average Bonchev–Trinajstić information content (AvgIpc) is 2.42. The van der Waals surface area contributed by atoms with Gasteiger partial charge in [0.15, 0.2) is 0 Å². The van der Waals surface area contributed by atoms with Crippen LogP contribution in [0.5, 0.6) is 11.5 Å². The van der Waals surface area contributed by atoms with E-state index in [1.165, 1.54) is 11.1 Å². The van der Waals surface area contributed by atoms with Crippen molar-refractivity contribution in [3.8, 4) is 11.5 Å². The smallest absolute Gasteiger partial charge is 0.119 e. The van der Waals surface area contributed by atoms with Gasteiger partial charge in [0, 0.05) is 0 Å². The van der Waals surface area contributed by atoms with Gasteiger partial charge in [-0.05, 0) is 48.7 Å². The fourth-order valence-corrected chi connectivity index (χ4v) is 1.85. The Kier molecular flexibility index (Phi) is 5.94. The Morgan fingerprint density at radius 1 is 0.789 bits per heavy atom. The molecule has 0 unspecified atom stereocenters. The van der Waals surface area contributed by atoms with Crippen LogP contribution in [-0.4, -0.2) is 13.7 Å². The summed E-state index contributed by atoms with van der Waals surface area (Å²) >= 11 is 0. The number of hydrogen-bond donors (Lipinski definition) is 0. The maximum atomic E-state index is 5.42. The Balaban J connectivity index is 0.00000180. The number of benzene rings is 2. The van der Waals surface area contributed by atoms with Crippen molar-refractivity contribution < 1.29 is 9.47 Å². The van der Waals surface area contributed by atoms with Crippen molar-refractivity contribution in [2.45, 2.75) is 20.8 Å². The van der Waals surface area contributed by atoms with E-state index in [1.807, 2.05) is 31.2 Å². The summed E-state index contributed by atoms with van der Waals surface area (Å²) in [5.41, 5.74) is 2.56. The molecule has 102 valence electrons. The van der Waals surface area contributed by atoms with Crippen LogP contribution in [0, 0.1) is 0 Å². The lowest BCUT2D eigenvalue weighted by Crippen LogP contribution is -1.92. The van der Waals surface area contributed by atoms with Gasteiger partial charge in [-0.3, -0.25) is 0 Å². The van der Waals surface area contributed by atoms with Crippen LogP contribution in [-0.2, 0) is 6.42 Å². The summed E-state index contributed by atoms with van der Waals surface area (Å²) in [7, 11) is 1.68. The minimum Gasteiger partial charge on any atom is -0.497 e. The first-order valence-electron chi connectivity index (χ1n) is 6.16. The summed E-state index contributed by atoms with van der Waals surface area (Å²) in [6, 6.07) is 16.4. The standard InChI is InChI=1S/C16H18O2.CH4/c1-3-18-16-10-6-14(7-11-16)12-13-4-8-15(17-2)9-5-13;/h4-11H,3,12H2,1-2H3;1H4. The minimum absolute atomic E-state index is 0. The van der Waals surface area contributed by atoms with Crippen LogP contribution < -0.4 is 9.47 Å². The molecule has 0 aliphatic heterocycles. The van der Waals surface area contributed by atoms with E-state index in [-0.39, 0.29) is 7.43 Å². The number of methoxy groups -OCH3 is 1. The molecule has 2 heteroatoms. The van der Waals surface area contributed by atoms with Gasteiger partial charge in [0.1, 0.15) is 11.5 Å². The Labute approximate surface area is 116 Å². The highest BCUT2D eigenvalue weighted by molar-refractivity contribution is 5.33. The van der Waals surface area contributed by atoms with Crippen molar-refractivity contribution in [2.75, 3.05) is 13.7 Å². The van der Waals surface area contributed by atoms with E-state index in [0.717, 1.165) is 17.9 Å². The first-order chi connectivity index (χ1) is 8.81. The second-order valence-corrected chi connectivity index (χ2v) is 4.10. The summed E-state index contributed by atoms with van der Waals surface area (Å²) in [6.45, 7) is 2.70. The highest BCUT2D eigenvalue weighted by atomic mass is 16.5. The summed E-state index contributed by atoms with van der Waals surface area (Å²) in [5.74, 6) is 1.82. The second-order valence-electron chi connectivity index (χ2n) is 4.10. The Bertz CT molecular complexity index is 472. The van der Waals surface area contributed by atoms with Crippen molar-refractivity contribution >= 4 is 0 Å². The molecule has 2 aromatic carbocycles. The SMILES string of the molecule is C.CCOc1ccc(Cc2ccc(OC)cc2)cc1. The van der Waals surface area contributed by atoms with Crippen molar-refractivity contribution in [1.82, 2.24) is 0 Å². The quantitative estimate of drug-likeness (QED) is 0.795. The zero-order valence-corrected chi connectivity index (χ0v) is 10.8. The van der Waals surface area contributed by atoms with Crippen molar-refractivity contribution in [3.63, 3.8) is 0 Å². The summed E-state index contributed by atoms with van der Waals surface area (Å²) in [4.78, 5) is 0. The van der Waals surface area contributed by atoms with E-state index in [2.05, 4.69) is 24.3 Å². The van der Waals surface area contributed by atoms with Crippen LogP contribution in [0.15, 0.2) is 48.5 Å². The third-order valence-electron chi connectivity index (χ3n) is 2.80. The summed E-state index contributed by atoms with van der Waals surface area (Å²) < 4.78 is 10.6. The van der Waals surface area contributed by atoms with Crippen LogP contribution in [0.4, 0.5) is 0 Å². The van der Waals surface area contributed by atoms with E-state index in [4.69, 9.17) is 9.47 Å². The molecule has 0 amide bonds. The maximum Gasteiger partial charge on any atom is 0.119 e. The highest BCUT2D eigenvalue weighted by Crippen LogP contribution is 2.17. The molecule has 2 rings (SSSR count). The second kappa shape index (κ2) is 7.47. The van der Waals surface area contributed by atoms with Gasteiger partial charge in [0.2, 0.25) is 0 Å². The number of rotatable bonds is 5. The van der Waals surface area contributed by atoms with Gasteiger partial charge in [-0.1, -0.05) is 31.7 Å². The Morgan fingerprint density at radius 3 is 1.68 bits per heavy atom. The largest absolute Gasteiger partial charge is 0.497 e. The van der Waals surface area contributed by atoms with Crippen LogP contribution in [0.3, 0.4) is 0 Å². The Morgan fingerprint density at radius 2 is 1.26 bits per heavy atom. The van der Waals surface area contributed by atoms with Crippen LogP contribution in [0.1, 0.15) is 25.5 Å². The Hall–Kier alpha value is -1.96. The van der Waals surface area contributed by atoms with Gasteiger partial charge >= 0.3 is 0 Å². The molecule has 19 heavy (non-hydrogen) atoms.